The number of carbonyl (C=O) groups is 6. The van der Waals surface area contributed by atoms with Crippen LogP contribution in [0.5, 0.6) is 5.75 Å². The molecule has 13 nitrogen and oxygen atoms in total. The predicted octanol–water partition coefficient (Wildman–Crippen LogP) is 4.60. The Hall–Kier alpha value is -5.42. The number of imide groups is 1. The number of ether oxygens (including phenoxy) is 1. The number of allylic oxidation sites excluding steroid dienone is 4. The molecule has 1 aliphatic carbocycles. The third-order valence-electron chi connectivity index (χ3n) is 9.52. The van der Waals surface area contributed by atoms with Crippen LogP contribution in [0.25, 0.3) is 10.2 Å². The second-order valence-electron chi connectivity index (χ2n) is 13.8. The summed E-state index contributed by atoms with van der Waals surface area (Å²) in [5.41, 5.74) is 1.41. The molecule has 0 saturated carbocycles. The Balaban J connectivity index is 1.34. The highest BCUT2D eigenvalue weighted by atomic mass is 32.1. The van der Waals surface area contributed by atoms with E-state index in [2.05, 4.69) is 22.9 Å². The molecule has 0 saturated heterocycles. The molecule has 14 heteroatoms. The number of nitrogens with one attached hydrogen (secondary N) is 1. The third kappa shape index (κ3) is 9.92. The molecule has 0 bridgehead atoms. The van der Waals surface area contributed by atoms with Crippen LogP contribution in [0.1, 0.15) is 71.7 Å². The Morgan fingerprint density at radius 1 is 0.981 bits per heavy atom. The molecular weight excluding hydrogens is 697 g/mol. The van der Waals surface area contributed by atoms with Crippen molar-refractivity contribution in [3.8, 4) is 11.8 Å². The number of carbonyl (C=O) groups excluding carboxylic acids is 6. The number of nitrogens with zero attached hydrogens (tertiary/aromatic N) is 5. The van der Waals surface area contributed by atoms with E-state index in [-0.39, 0.29) is 61.1 Å². The first kappa shape index (κ1) is 40.4. The number of thiazole rings is 1. The summed E-state index contributed by atoms with van der Waals surface area (Å²) in [6.45, 7) is 14.2. The minimum atomic E-state index is -0.871. The molecule has 1 N–H and O–H groups in total. The smallest absolute Gasteiger partial charge is 0.253 e. The van der Waals surface area contributed by atoms with Crippen molar-refractivity contribution in [3.05, 3.63) is 70.1 Å². The van der Waals surface area contributed by atoms with Crippen molar-refractivity contribution in [2.75, 3.05) is 39.8 Å². The number of unbranched alkanes of at least 4 members (excludes halogenated alkanes) is 2. The minimum absolute atomic E-state index is 0.0299. The van der Waals surface area contributed by atoms with E-state index in [1.54, 1.807) is 50.9 Å². The van der Waals surface area contributed by atoms with Gasteiger partial charge < -0.3 is 19.9 Å². The summed E-state index contributed by atoms with van der Waals surface area (Å²) in [6.07, 6.45) is 4.74. The molecule has 2 heterocycles. The Kier molecular flexibility index (Phi) is 13.2. The summed E-state index contributed by atoms with van der Waals surface area (Å²) in [4.78, 5) is 84.2. The van der Waals surface area contributed by atoms with Crippen LogP contribution < -0.4 is 10.1 Å². The number of fused-ring (bicyclic) bond motifs is 1. The molecule has 1 aliphatic heterocycles. The summed E-state index contributed by atoms with van der Waals surface area (Å²) in [7, 11) is 1.69. The lowest BCUT2D eigenvalue weighted by atomic mass is 9.71. The van der Waals surface area contributed by atoms with Crippen molar-refractivity contribution in [3.63, 3.8) is 0 Å². The first-order valence-corrected chi connectivity index (χ1v) is 18.3. The van der Waals surface area contributed by atoms with Crippen LogP contribution in [0, 0.1) is 16.7 Å². The predicted molar refractivity (Wildman–Crippen MR) is 200 cm³/mol. The van der Waals surface area contributed by atoms with Crippen LogP contribution in [0.15, 0.2) is 65.1 Å². The molecule has 0 spiro atoms. The number of benzene rings is 1. The summed E-state index contributed by atoms with van der Waals surface area (Å²) >= 11 is 1.26. The Bertz CT molecular complexity index is 1960. The molecule has 53 heavy (non-hydrogen) atoms. The molecule has 280 valence electrons. The van der Waals surface area contributed by atoms with Gasteiger partial charge in [0.05, 0.1) is 10.2 Å². The molecule has 0 atom stereocenters. The second kappa shape index (κ2) is 17.4. The van der Waals surface area contributed by atoms with Crippen molar-refractivity contribution < 1.29 is 33.5 Å². The van der Waals surface area contributed by atoms with Crippen LogP contribution in [-0.4, -0.2) is 94.7 Å². The fourth-order valence-electron chi connectivity index (χ4n) is 6.29. The van der Waals surface area contributed by atoms with Crippen molar-refractivity contribution >= 4 is 56.7 Å². The number of Topliss-reactive ketones (excluding diaryl/α,β-unsaturated/α-hetero) is 2. The number of nitriles is 1. The first-order valence-electron chi connectivity index (χ1n) is 17.5. The molecule has 0 unspecified atom stereocenters. The maximum absolute atomic E-state index is 13.5. The number of hydrogen-bond acceptors (Lipinski definition) is 11. The van der Waals surface area contributed by atoms with Crippen LogP contribution in [0.4, 0.5) is 0 Å². The van der Waals surface area contributed by atoms with E-state index < -0.39 is 5.41 Å². The number of amides is 4. The van der Waals surface area contributed by atoms with Crippen molar-refractivity contribution in [1.82, 2.24) is 25.0 Å². The molecule has 2 aromatic rings. The molecule has 0 fully saturated rings. The summed E-state index contributed by atoms with van der Waals surface area (Å²) < 4.78 is 6.95. The van der Waals surface area contributed by atoms with Gasteiger partial charge in [-0.1, -0.05) is 20.3 Å². The van der Waals surface area contributed by atoms with Gasteiger partial charge in [0.25, 0.3) is 11.8 Å². The maximum Gasteiger partial charge on any atom is 0.253 e. The van der Waals surface area contributed by atoms with Crippen LogP contribution in [-0.2, 0) is 28.8 Å². The lowest BCUT2D eigenvalue weighted by Gasteiger charge is -2.33. The van der Waals surface area contributed by atoms with Gasteiger partial charge in [-0.15, -0.1) is 11.3 Å². The van der Waals surface area contributed by atoms with Gasteiger partial charge in [-0.05, 0) is 52.3 Å². The van der Waals surface area contributed by atoms with Crippen LogP contribution >= 0.6 is 11.3 Å². The topological polar surface area (TPSA) is 170 Å². The monoisotopic (exact) mass is 742 g/mol. The summed E-state index contributed by atoms with van der Waals surface area (Å²) in [5, 5.41) is 12.3. The van der Waals surface area contributed by atoms with E-state index in [9.17, 15) is 34.0 Å². The zero-order chi connectivity index (χ0) is 39.0. The van der Waals surface area contributed by atoms with E-state index in [0.29, 0.717) is 83.3 Å². The molecular formula is C39H46N6O7S. The van der Waals surface area contributed by atoms with Gasteiger partial charge in [-0.2, -0.15) is 5.26 Å². The summed E-state index contributed by atoms with van der Waals surface area (Å²) in [6, 6.07) is 7.38. The van der Waals surface area contributed by atoms with Gasteiger partial charge in [-0.3, -0.25) is 33.7 Å². The highest BCUT2D eigenvalue weighted by Crippen LogP contribution is 2.39. The van der Waals surface area contributed by atoms with Crippen molar-refractivity contribution in [2.45, 2.75) is 66.7 Å². The van der Waals surface area contributed by atoms with E-state index in [0.717, 1.165) is 9.60 Å². The van der Waals surface area contributed by atoms with Gasteiger partial charge in [0.1, 0.15) is 11.8 Å². The van der Waals surface area contributed by atoms with Gasteiger partial charge in [0, 0.05) is 98.5 Å². The third-order valence-corrected chi connectivity index (χ3v) is 10.4. The molecule has 0 radical (unpaired) electrons. The van der Waals surface area contributed by atoms with E-state index in [1.165, 1.54) is 23.5 Å². The number of rotatable bonds is 18. The highest BCUT2D eigenvalue weighted by Gasteiger charge is 2.39. The number of likely N-dealkylation sites (N-methyl/N-ethyl adjacent to an activating group) is 1. The van der Waals surface area contributed by atoms with E-state index >= 15 is 0 Å². The average molecular weight is 743 g/mol. The second-order valence-corrected chi connectivity index (χ2v) is 14.9. The van der Waals surface area contributed by atoms with Crippen LogP contribution in [0.2, 0.25) is 0 Å². The molecule has 1 aromatic heterocycles. The Morgan fingerprint density at radius 3 is 2.34 bits per heavy atom. The zero-order valence-electron chi connectivity index (χ0n) is 31.2. The summed E-state index contributed by atoms with van der Waals surface area (Å²) in [5.74, 6) is -0.633. The van der Waals surface area contributed by atoms with Gasteiger partial charge in [0.2, 0.25) is 11.8 Å². The zero-order valence-corrected chi connectivity index (χ0v) is 32.0. The van der Waals surface area contributed by atoms with Crippen molar-refractivity contribution in [2.24, 2.45) is 5.41 Å². The Morgan fingerprint density at radius 2 is 1.66 bits per heavy atom. The fraction of sp³-hybridized carbons (Fsp3) is 0.436. The molecule has 1 aromatic carbocycles. The lowest BCUT2D eigenvalue weighted by molar-refractivity contribution is -0.137. The standard InChI is InChI=1S/C39H46N6O7S/c1-24-25(2)38(51)36(26(3)37(24)50)39(5,6)22-35(49)43(7)19-20-44(27(4)52-28-12-13-29-30(21-28)53-32(23-40)42-29)17-10-8-9-11-31(46)41-16-18-45-33(47)14-15-34(45)48/h12-15,21H,4,8-11,16-20,22H2,1-3,5-7H3,(H,41,46). The number of aromatic nitrogens is 1. The SMILES string of the molecule is C=C(Oc1ccc2nc(C#N)sc2c1)N(CCCCCC(=O)NCCN1C(=O)C=CC1=O)CCN(C)C(=O)CC(C)(C)C1=C(C)C(=O)C(C)=C(C)C1=O. The molecule has 2 aliphatic rings. The fourth-order valence-corrected chi connectivity index (χ4v) is 7.09. The van der Waals surface area contributed by atoms with Crippen molar-refractivity contribution in [1.29, 1.82) is 5.26 Å². The quantitative estimate of drug-likeness (QED) is 0.0986. The van der Waals surface area contributed by atoms with Gasteiger partial charge in [-0.25, -0.2) is 4.98 Å². The number of ketones is 2. The van der Waals surface area contributed by atoms with Crippen LogP contribution in [0.3, 0.4) is 0 Å². The molecule has 4 rings (SSSR count). The van der Waals surface area contributed by atoms with Gasteiger partial charge in [0.15, 0.2) is 22.5 Å². The maximum atomic E-state index is 13.5. The van der Waals surface area contributed by atoms with E-state index in [1.807, 2.05) is 18.7 Å². The first-order chi connectivity index (χ1) is 25.0. The van der Waals surface area contributed by atoms with Gasteiger partial charge >= 0.3 is 0 Å². The highest BCUT2D eigenvalue weighted by molar-refractivity contribution is 7.19. The van der Waals surface area contributed by atoms with E-state index in [4.69, 9.17) is 4.74 Å². The number of hydrogen-bond donors (Lipinski definition) is 1. The lowest BCUT2D eigenvalue weighted by Crippen LogP contribution is -2.40. The largest absolute Gasteiger partial charge is 0.442 e. The Labute approximate surface area is 313 Å². The normalized spacial score (nSPS) is 14.7. The molecule has 4 amide bonds. The minimum Gasteiger partial charge on any atom is -0.442 e. The average Bonchev–Trinajstić information content (AvgIpc) is 3.68.